The van der Waals surface area contributed by atoms with Crippen molar-refractivity contribution in [2.45, 2.75) is 25.6 Å². The third-order valence-corrected chi connectivity index (χ3v) is 3.85. The Morgan fingerprint density at radius 1 is 1.39 bits per heavy atom. The summed E-state index contributed by atoms with van der Waals surface area (Å²) in [5.41, 5.74) is 3.36. The lowest BCUT2D eigenvalue weighted by Gasteiger charge is -2.16. The number of amides is 1. The number of hydrogen-bond donors (Lipinski definition) is 1. The molecular weight excluding hydrogens is 228 g/mol. The van der Waals surface area contributed by atoms with Gasteiger partial charge in [0.1, 0.15) is 0 Å². The molecule has 1 aromatic carbocycles. The predicted octanol–water partition coefficient (Wildman–Crippen LogP) is 1.15. The second-order valence-electron chi connectivity index (χ2n) is 4.98. The topological polar surface area (TPSA) is 41.6 Å². The van der Waals surface area contributed by atoms with Crippen LogP contribution in [-0.4, -0.2) is 37.1 Å². The third-order valence-electron chi connectivity index (χ3n) is 3.85. The van der Waals surface area contributed by atoms with Gasteiger partial charge in [0.15, 0.2) is 0 Å². The zero-order valence-electron chi connectivity index (χ0n) is 10.6. The molecule has 1 unspecified atom stereocenters. The first-order chi connectivity index (χ1) is 8.78. The molecule has 0 aromatic heterocycles. The van der Waals surface area contributed by atoms with Gasteiger partial charge in [-0.25, -0.2) is 0 Å². The fourth-order valence-electron chi connectivity index (χ4n) is 2.72. The van der Waals surface area contributed by atoms with Crippen LogP contribution in [0.1, 0.15) is 27.9 Å². The van der Waals surface area contributed by atoms with Crippen LogP contribution in [0.15, 0.2) is 18.2 Å². The highest BCUT2D eigenvalue weighted by Gasteiger charge is 2.27. The average Bonchev–Trinajstić information content (AvgIpc) is 3.05. The Morgan fingerprint density at radius 2 is 2.22 bits per heavy atom. The number of nitrogens with one attached hydrogen (secondary N) is 1. The van der Waals surface area contributed by atoms with Gasteiger partial charge >= 0.3 is 0 Å². The van der Waals surface area contributed by atoms with E-state index in [1.165, 1.54) is 11.1 Å². The fraction of sp³-hybridized carbons (Fsp3) is 0.500. The molecule has 1 amide bonds. The molecule has 1 atom stereocenters. The Hall–Kier alpha value is -1.39. The van der Waals surface area contributed by atoms with Crippen molar-refractivity contribution in [1.82, 2.24) is 10.2 Å². The number of nitrogens with zero attached hydrogens (tertiary/aromatic N) is 1. The van der Waals surface area contributed by atoms with Gasteiger partial charge in [-0.15, -0.1) is 0 Å². The van der Waals surface area contributed by atoms with Crippen molar-refractivity contribution in [2.24, 2.45) is 0 Å². The van der Waals surface area contributed by atoms with E-state index in [2.05, 4.69) is 11.4 Å². The summed E-state index contributed by atoms with van der Waals surface area (Å²) in [5, 5.41) is 3.29. The van der Waals surface area contributed by atoms with Crippen molar-refractivity contribution in [1.29, 1.82) is 0 Å². The van der Waals surface area contributed by atoms with Crippen LogP contribution in [0.4, 0.5) is 0 Å². The number of carbonyl (C=O) groups is 1. The minimum Gasteiger partial charge on any atom is -0.380 e. The monoisotopic (exact) mass is 246 g/mol. The molecule has 1 fully saturated rings. The van der Waals surface area contributed by atoms with Crippen LogP contribution in [-0.2, 0) is 17.8 Å². The molecule has 0 aliphatic carbocycles. The zero-order chi connectivity index (χ0) is 12.5. The summed E-state index contributed by atoms with van der Waals surface area (Å²) in [5.74, 6) is 0.129. The molecule has 4 heteroatoms. The molecule has 4 nitrogen and oxygen atoms in total. The van der Waals surface area contributed by atoms with Crippen molar-refractivity contribution < 1.29 is 9.53 Å². The van der Waals surface area contributed by atoms with Gasteiger partial charge in [0.05, 0.1) is 6.10 Å². The number of benzene rings is 1. The van der Waals surface area contributed by atoms with E-state index in [1.807, 2.05) is 17.0 Å². The van der Waals surface area contributed by atoms with Crippen LogP contribution in [0.3, 0.4) is 0 Å². The van der Waals surface area contributed by atoms with Crippen LogP contribution in [0.5, 0.6) is 0 Å². The zero-order valence-corrected chi connectivity index (χ0v) is 10.6. The molecule has 0 bridgehead atoms. The van der Waals surface area contributed by atoms with E-state index >= 15 is 0 Å². The highest BCUT2D eigenvalue weighted by atomic mass is 16.5. The quantitative estimate of drug-likeness (QED) is 0.851. The molecule has 0 spiro atoms. The first-order valence-electron chi connectivity index (χ1n) is 6.42. The summed E-state index contributed by atoms with van der Waals surface area (Å²) in [4.78, 5) is 14.2. The molecule has 3 rings (SSSR count). The minimum atomic E-state index is 0.129. The van der Waals surface area contributed by atoms with Crippen LogP contribution in [0.2, 0.25) is 0 Å². The number of likely N-dealkylation sites (tertiary alicyclic amines) is 1. The van der Waals surface area contributed by atoms with Gasteiger partial charge in [-0.3, -0.25) is 4.79 Å². The van der Waals surface area contributed by atoms with Crippen molar-refractivity contribution in [3.8, 4) is 0 Å². The number of carbonyl (C=O) groups excluding carboxylic acids is 1. The first-order valence-corrected chi connectivity index (χ1v) is 6.42. The van der Waals surface area contributed by atoms with E-state index in [-0.39, 0.29) is 12.0 Å². The van der Waals surface area contributed by atoms with Crippen molar-refractivity contribution in [3.63, 3.8) is 0 Å². The van der Waals surface area contributed by atoms with Crippen molar-refractivity contribution >= 4 is 5.91 Å². The summed E-state index contributed by atoms with van der Waals surface area (Å²) in [7, 11) is 1.71. The molecule has 1 N–H and O–H groups in total. The maximum Gasteiger partial charge on any atom is 0.253 e. The maximum absolute atomic E-state index is 12.4. The van der Waals surface area contributed by atoms with E-state index in [0.717, 1.165) is 31.6 Å². The second kappa shape index (κ2) is 4.71. The Bertz CT molecular complexity index is 473. The summed E-state index contributed by atoms with van der Waals surface area (Å²) < 4.78 is 5.30. The molecule has 0 radical (unpaired) electrons. The second-order valence-corrected chi connectivity index (χ2v) is 4.98. The first kappa shape index (κ1) is 11.7. The smallest absolute Gasteiger partial charge is 0.253 e. The Morgan fingerprint density at radius 3 is 3.00 bits per heavy atom. The molecule has 1 aromatic rings. The SMILES string of the molecule is COC1CCN(C(=O)c2ccc3c(c2)CNC3)C1. The maximum atomic E-state index is 12.4. The molecular formula is C14H18N2O2. The average molecular weight is 246 g/mol. The van der Waals surface area contributed by atoms with Crippen LogP contribution < -0.4 is 5.32 Å². The van der Waals surface area contributed by atoms with Gasteiger partial charge in [0, 0.05) is 38.9 Å². The summed E-state index contributed by atoms with van der Waals surface area (Å²) in [6.07, 6.45) is 1.14. The lowest BCUT2D eigenvalue weighted by atomic mass is 10.1. The molecule has 96 valence electrons. The lowest BCUT2D eigenvalue weighted by Crippen LogP contribution is -2.30. The molecule has 1 saturated heterocycles. The molecule has 2 aliphatic rings. The minimum absolute atomic E-state index is 0.129. The molecule has 2 aliphatic heterocycles. The fourth-order valence-corrected chi connectivity index (χ4v) is 2.72. The molecule has 2 heterocycles. The standard InChI is InChI=1S/C14H18N2O2/c1-18-13-4-5-16(9-13)14(17)10-2-3-11-7-15-8-12(11)6-10/h2-3,6,13,15H,4-5,7-9H2,1H3. The number of methoxy groups -OCH3 is 1. The summed E-state index contributed by atoms with van der Waals surface area (Å²) in [6, 6.07) is 6.03. The summed E-state index contributed by atoms with van der Waals surface area (Å²) >= 11 is 0. The molecule has 18 heavy (non-hydrogen) atoms. The van der Waals surface area contributed by atoms with Crippen LogP contribution in [0.25, 0.3) is 0 Å². The van der Waals surface area contributed by atoms with E-state index in [4.69, 9.17) is 4.74 Å². The lowest BCUT2D eigenvalue weighted by molar-refractivity contribution is 0.0724. The van der Waals surface area contributed by atoms with Crippen LogP contribution in [0, 0.1) is 0 Å². The predicted molar refractivity (Wildman–Crippen MR) is 68.3 cm³/mol. The van der Waals surface area contributed by atoms with Crippen molar-refractivity contribution in [2.75, 3.05) is 20.2 Å². The Labute approximate surface area is 107 Å². The highest BCUT2D eigenvalue weighted by molar-refractivity contribution is 5.94. The number of rotatable bonds is 2. The largest absolute Gasteiger partial charge is 0.380 e. The molecule has 0 saturated carbocycles. The van der Waals surface area contributed by atoms with E-state index in [0.29, 0.717) is 6.54 Å². The number of ether oxygens (including phenoxy) is 1. The number of hydrogen-bond acceptors (Lipinski definition) is 3. The van der Waals surface area contributed by atoms with E-state index in [1.54, 1.807) is 7.11 Å². The third kappa shape index (κ3) is 2.02. The summed E-state index contributed by atoms with van der Waals surface area (Å²) in [6.45, 7) is 3.30. The van der Waals surface area contributed by atoms with Gasteiger partial charge in [-0.2, -0.15) is 0 Å². The van der Waals surface area contributed by atoms with Crippen LogP contribution >= 0.6 is 0 Å². The highest BCUT2D eigenvalue weighted by Crippen LogP contribution is 2.20. The van der Waals surface area contributed by atoms with E-state index < -0.39 is 0 Å². The van der Waals surface area contributed by atoms with Gasteiger partial charge in [0.2, 0.25) is 0 Å². The van der Waals surface area contributed by atoms with E-state index in [9.17, 15) is 4.79 Å². The van der Waals surface area contributed by atoms with Gasteiger partial charge in [0.25, 0.3) is 5.91 Å². The Balaban J connectivity index is 1.77. The van der Waals surface area contributed by atoms with Gasteiger partial charge in [-0.05, 0) is 29.7 Å². The normalized spacial score (nSPS) is 22.3. The Kier molecular flexibility index (Phi) is 3.06. The van der Waals surface area contributed by atoms with Crippen molar-refractivity contribution in [3.05, 3.63) is 34.9 Å². The van der Waals surface area contributed by atoms with Gasteiger partial charge in [-0.1, -0.05) is 6.07 Å². The number of fused-ring (bicyclic) bond motifs is 1. The van der Waals surface area contributed by atoms with Gasteiger partial charge < -0.3 is 15.0 Å².